The Morgan fingerprint density at radius 2 is 2.10 bits per heavy atom. The molecule has 0 N–H and O–H groups in total. The molecule has 0 spiro atoms. The first kappa shape index (κ1) is 14.0. The Morgan fingerprint density at radius 1 is 1.33 bits per heavy atom. The maximum absolute atomic E-state index is 12.1. The molecule has 1 aliphatic heterocycles. The van der Waals surface area contributed by atoms with Gasteiger partial charge in [-0.15, -0.1) is 0 Å². The van der Waals surface area contributed by atoms with Gasteiger partial charge in [-0.05, 0) is 31.9 Å². The first-order valence-corrected chi connectivity index (χ1v) is 7.33. The minimum atomic E-state index is -0.114. The summed E-state index contributed by atoms with van der Waals surface area (Å²) in [5.74, 6) is -0.134. The second-order valence-electron chi connectivity index (χ2n) is 5.43. The Bertz CT molecular complexity index is 648. The molecule has 0 radical (unpaired) electrons. The van der Waals surface area contributed by atoms with Gasteiger partial charge in [0.1, 0.15) is 6.61 Å². The summed E-state index contributed by atoms with van der Waals surface area (Å²) in [6, 6.07) is 9.92. The first-order chi connectivity index (χ1) is 10.2. The van der Waals surface area contributed by atoms with Crippen LogP contribution in [0.5, 0.6) is 0 Å². The lowest BCUT2D eigenvalue weighted by atomic mass is 10.0. The fourth-order valence-corrected chi connectivity index (χ4v) is 2.71. The molecule has 4 nitrogen and oxygen atoms in total. The van der Waals surface area contributed by atoms with Gasteiger partial charge in [-0.2, -0.15) is 0 Å². The molecular formula is C17H19NO3. The summed E-state index contributed by atoms with van der Waals surface area (Å²) in [7, 11) is 0. The van der Waals surface area contributed by atoms with Crippen LogP contribution in [0.2, 0.25) is 0 Å². The van der Waals surface area contributed by atoms with Crippen molar-refractivity contribution in [3.05, 3.63) is 41.6 Å². The predicted octanol–water partition coefficient (Wildman–Crippen LogP) is 3.01. The topological polar surface area (TPSA) is 48.4 Å². The van der Waals surface area contributed by atoms with Gasteiger partial charge in [0.05, 0.1) is 11.4 Å². The van der Waals surface area contributed by atoms with E-state index < -0.39 is 0 Å². The number of carbonyl (C=O) groups is 1. The van der Waals surface area contributed by atoms with Crippen LogP contribution in [0.25, 0.3) is 10.9 Å². The van der Waals surface area contributed by atoms with E-state index in [0.717, 1.165) is 35.0 Å². The Hall–Kier alpha value is -1.94. The number of hydrogen-bond acceptors (Lipinski definition) is 4. The van der Waals surface area contributed by atoms with Crippen molar-refractivity contribution in [3.8, 4) is 0 Å². The zero-order valence-electron chi connectivity index (χ0n) is 12.2. The van der Waals surface area contributed by atoms with Crippen LogP contribution in [0.15, 0.2) is 30.3 Å². The molecule has 0 atom stereocenters. The van der Waals surface area contributed by atoms with Crippen molar-refractivity contribution in [2.24, 2.45) is 5.92 Å². The van der Waals surface area contributed by atoms with Gasteiger partial charge < -0.3 is 9.47 Å². The fraction of sp³-hybridized carbons (Fsp3) is 0.412. The van der Waals surface area contributed by atoms with E-state index in [2.05, 4.69) is 4.98 Å². The van der Waals surface area contributed by atoms with Crippen molar-refractivity contribution in [2.75, 3.05) is 13.2 Å². The molecule has 1 fully saturated rings. The van der Waals surface area contributed by atoms with E-state index in [0.29, 0.717) is 19.8 Å². The monoisotopic (exact) mass is 285 g/mol. The van der Waals surface area contributed by atoms with Gasteiger partial charge in [-0.3, -0.25) is 9.78 Å². The van der Waals surface area contributed by atoms with Gasteiger partial charge in [0, 0.05) is 29.9 Å². The lowest BCUT2D eigenvalue weighted by Crippen LogP contribution is -2.25. The van der Waals surface area contributed by atoms with Crippen LogP contribution in [0, 0.1) is 12.8 Å². The van der Waals surface area contributed by atoms with Crippen LogP contribution in [0.3, 0.4) is 0 Å². The van der Waals surface area contributed by atoms with Gasteiger partial charge >= 0.3 is 5.97 Å². The maximum Gasteiger partial charge on any atom is 0.309 e. The molecule has 0 aliphatic carbocycles. The number of hydrogen-bond donors (Lipinski definition) is 0. The van der Waals surface area contributed by atoms with E-state index in [4.69, 9.17) is 9.47 Å². The third-order valence-corrected chi connectivity index (χ3v) is 3.85. The van der Waals surface area contributed by atoms with E-state index in [1.807, 2.05) is 37.3 Å². The summed E-state index contributed by atoms with van der Waals surface area (Å²) in [6.45, 7) is 3.56. The summed E-state index contributed by atoms with van der Waals surface area (Å²) < 4.78 is 10.8. The molecular weight excluding hydrogens is 266 g/mol. The number of ether oxygens (including phenoxy) is 2. The lowest BCUT2D eigenvalue weighted by molar-refractivity contribution is -0.153. The Morgan fingerprint density at radius 3 is 2.90 bits per heavy atom. The minimum Gasteiger partial charge on any atom is -0.461 e. The Balaban J connectivity index is 1.74. The van der Waals surface area contributed by atoms with Crippen LogP contribution in [-0.2, 0) is 20.9 Å². The fourth-order valence-electron chi connectivity index (χ4n) is 2.71. The van der Waals surface area contributed by atoms with Crippen LogP contribution < -0.4 is 0 Å². The quantitative estimate of drug-likeness (QED) is 0.813. The van der Waals surface area contributed by atoms with Gasteiger partial charge in [0.15, 0.2) is 0 Å². The van der Waals surface area contributed by atoms with E-state index in [9.17, 15) is 4.79 Å². The number of benzene rings is 1. The number of para-hydroxylation sites is 1. The average molecular weight is 285 g/mol. The van der Waals surface area contributed by atoms with Crippen molar-refractivity contribution in [1.29, 1.82) is 0 Å². The highest BCUT2D eigenvalue weighted by molar-refractivity contribution is 5.82. The molecule has 1 saturated heterocycles. The number of aromatic nitrogens is 1. The summed E-state index contributed by atoms with van der Waals surface area (Å²) in [6.07, 6.45) is 1.52. The maximum atomic E-state index is 12.1. The molecule has 21 heavy (non-hydrogen) atoms. The largest absolute Gasteiger partial charge is 0.461 e. The molecule has 0 bridgehead atoms. The summed E-state index contributed by atoms with van der Waals surface area (Å²) in [5, 5.41) is 1.04. The summed E-state index contributed by atoms with van der Waals surface area (Å²) >= 11 is 0. The standard InChI is InChI=1S/C17H19NO3/c1-12-10-14(15-4-2-3-5-16(15)18-12)11-21-17(19)13-6-8-20-9-7-13/h2-5,10,13H,6-9,11H2,1H3. The van der Waals surface area contributed by atoms with Crippen molar-refractivity contribution < 1.29 is 14.3 Å². The van der Waals surface area contributed by atoms with E-state index in [-0.39, 0.29) is 11.9 Å². The molecule has 3 rings (SSSR count). The van der Waals surface area contributed by atoms with Gasteiger partial charge in [-0.25, -0.2) is 0 Å². The number of rotatable bonds is 3. The van der Waals surface area contributed by atoms with Crippen molar-refractivity contribution in [1.82, 2.24) is 4.98 Å². The molecule has 110 valence electrons. The van der Waals surface area contributed by atoms with Crippen molar-refractivity contribution in [2.45, 2.75) is 26.4 Å². The lowest BCUT2D eigenvalue weighted by Gasteiger charge is -2.20. The molecule has 0 saturated carbocycles. The predicted molar refractivity (Wildman–Crippen MR) is 79.8 cm³/mol. The smallest absolute Gasteiger partial charge is 0.309 e. The number of nitrogens with zero attached hydrogens (tertiary/aromatic N) is 1. The number of esters is 1. The third kappa shape index (κ3) is 3.22. The third-order valence-electron chi connectivity index (χ3n) is 3.85. The highest BCUT2D eigenvalue weighted by atomic mass is 16.5. The zero-order chi connectivity index (χ0) is 14.7. The molecule has 1 aromatic carbocycles. The number of pyridine rings is 1. The second-order valence-corrected chi connectivity index (χ2v) is 5.43. The van der Waals surface area contributed by atoms with E-state index in [1.165, 1.54) is 0 Å². The van der Waals surface area contributed by atoms with Crippen LogP contribution in [0.1, 0.15) is 24.1 Å². The van der Waals surface area contributed by atoms with E-state index >= 15 is 0 Å². The average Bonchev–Trinajstić information content (AvgIpc) is 2.53. The molecule has 1 aliphatic rings. The molecule has 0 unspecified atom stereocenters. The molecule has 2 heterocycles. The number of fused-ring (bicyclic) bond motifs is 1. The molecule has 2 aromatic rings. The Labute approximate surface area is 124 Å². The van der Waals surface area contributed by atoms with Gasteiger partial charge in [0.2, 0.25) is 0 Å². The minimum absolute atomic E-state index is 0.0204. The second kappa shape index (κ2) is 6.22. The van der Waals surface area contributed by atoms with Crippen molar-refractivity contribution >= 4 is 16.9 Å². The van der Waals surface area contributed by atoms with Crippen molar-refractivity contribution in [3.63, 3.8) is 0 Å². The van der Waals surface area contributed by atoms with Gasteiger partial charge in [-0.1, -0.05) is 18.2 Å². The summed E-state index contributed by atoms with van der Waals surface area (Å²) in [5.41, 5.74) is 2.89. The highest BCUT2D eigenvalue weighted by Gasteiger charge is 2.23. The number of carbonyl (C=O) groups excluding carboxylic acids is 1. The molecule has 1 aromatic heterocycles. The van der Waals surface area contributed by atoms with Crippen LogP contribution >= 0.6 is 0 Å². The zero-order valence-corrected chi connectivity index (χ0v) is 12.2. The van der Waals surface area contributed by atoms with Crippen LogP contribution in [-0.4, -0.2) is 24.2 Å². The van der Waals surface area contributed by atoms with Crippen LogP contribution in [0.4, 0.5) is 0 Å². The van der Waals surface area contributed by atoms with E-state index in [1.54, 1.807) is 0 Å². The Kier molecular flexibility index (Phi) is 4.15. The first-order valence-electron chi connectivity index (χ1n) is 7.33. The summed E-state index contributed by atoms with van der Waals surface area (Å²) in [4.78, 5) is 16.6. The SMILES string of the molecule is Cc1cc(COC(=O)C2CCOCC2)c2ccccc2n1. The normalized spacial score (nSPS) is 16.0. The molecule has 0 amide bonds. The van der Waals surface area contributed by atoms with Gasteiger partial charge in [0.25, 0.3) is 0 Å². The molecule has 4 heteroatoms. The number of aryl methyl sites for hydroxylation is 1. The highest BCUT2D eigenvalue weighted by Crippen LogP contribution is 2.21.